The van der Waals surface area contributed by atoms with Gasteiger partial charge in [0.25, 0.3) is 0 Å². The minimum Gasteiger partial charge on any atom is -0.0950 e. The van der Waals surface area contributed by atoms with E-state index in [9.17, 15) is 0 Å². The molecule has 0 N–H and O–H groups in total. The highest BCUT2D eigenvalue weighted by Crippen LogP contribution is 2.54. The Labute approximate surface area is 76.4 Å². The lowest BCUT2D eigenvalue weighted by Crippen LogP contribution is -2.11. The minimum absolute atomic E-state index is 0.297. The van der Waals surface area contributed by atoms with Gasteiger partial charge in [0.15, 0.2) is 0 Å². The van der Waals surface area contributed by atoms with Gasteiger partial charge in [-0.15, -0.1) is 0 Å². The van der Waals surface area contributed by atoms with Gasteiger partial charge in [0.05, 0.1) is 0 Å². The fourth-order valence-electron chi connectivity index (χ4n) is 2.64. The van der Waals surface area contributed by atoms with Gasteiger partial charge >= 0.3 is 0 Å². The Bertz CT molecular complexity index is 239. The molecule has 1 saturated carbocycles. The molecule has 0 spiro atoms. The van der Waals surface area contributed by atoms with E-state index in [2.05, 4.69) is 47.3 Å². The molecule has 0 aromatic rings. The van der Waals surface area contributed by atoms with E-state index in [-0.39, 0.29) is 0 Å². The lowest BCUT2D eigenvalue weighted by Gasteiger charge is -2.21. The molecule has 1 rings (SSSR count). The predicted octanol–water partition coefficient (Wildman–Crippen LogP) is 3.95. The second-order valence-corrected chi connectivity index (χ2v) is 5.13. The summed E-state index contributed by atoms with van der Waals surface area (Å²) < 4.78 is 0. The molecule has 68 valence electrons. The first-order chi connectivity index (χ1) is 5.31. The van der Waals surface area contributed by atoms with Gasteiger partial charge in [0.2, 0.25) is 0 Å². The topological polar surface area (TPSA) is 0 Å². The van der Waals surface area contributed by atoms with Crippen molar-refractivity contribution in [3.05, 3.63) is 23.8 Å². The molecule has 12 heavy (non-hydrogen) atoms. The quantitative estimate of drug-likeness (QED) is 0.508. The van der Waals surface area contributed by atoms with Gasteiger partial charge in [0, 0.05) is 0 Å². The Morgan fingerprint density at radius 3 is 1.83 bits per heavy atom. The molecular formula is C12H20. The molecule has 0 aromatic heterocycles. The fourth-order valence-corrected chi connectivity index (χ4v) is 2.64. The van der Waals surface area contributed by atoms with Crippen LogP contribution in [0.5, 0.6) is 0 Å². The van der Waals surface area contributed by atoms with Crippen LogP contribution in [0.15, 0.2) is 23.8 Å². The van der Waals surface area contributed by atoms with E-state index in [1.165, 1.54) is 17.6 Å². The summed E-state index contributed by atoms with van der Waals surface area (Å²) in [6.07, 6.45) is 3.44. The Kier molecular flexibility index (Phi) is 1.98. The van der Waals surface area contributed by atoms with Crippen molar-refractivity contribution in [3.8, 4) is 0 Å². The van der Waals surface area contributed by atoms with Crippen LogP contribution in [0.4, 0.5) is 0 Å². The van der Waals surface area contributed by atoms with E-state index in [0.29, 0.717) is 10.8 Å². The number of hydrogen-bond acceptors (Lipinski definition) is 0. The molecule has 1 fully saturated rings. The number of rotatable bonds is 0. The zero-order valence-electron chi connectivity index (χ0n) is 8.99. The largest absolute Gasteiger partial charge is 0.0950 e. The summed E-state index contributed by atoms with van der Waals surface area (Å²) in [5, 5.41) is 0. The maximum absolute atomic E-state index is 4.19. The molecule has 0 heterocycles. The van der Waals surface area contributed by atoms with E-state index in [1.807, 2.05) is 0 Å². The lowest BCUT2D eigenvalue weighted by atomic mass is 9.83. The Morgan fingerprint density at radius 1 is 1.17 bits per heavy atom. The van der Waals surface area contributed by atoms with Gasteiger partial charge in [0.1, 0.15) is 0 Å². The summed E-state index contributed by atoms with van der Waals surface area (Å²) in [6, 6.07) is 0. The van der Waals surface area contributed by atoms with Gasteiger partial charge in [-0.2, -0.15) is 0 Å². The second kappa shape index (κ2) is 2.48. The predicted molar refractivity (Wildman–Crippen MR) is 55.1 cm³/mol. The maximum Gasteiger partial charge on any atom is -0.00958 e. The van der Waals surface area contributed by atoms with Gasteiger partial charge in [-0.3, -0.25) is 0 Å². The number of hydrogen-bond donors (Lipinski definition) is 0. The van der Waals surface area contributed by atoms with E-state index in [4.69, 9.17) is 0 Å². The smallest absolute Gasteiger partial charge is 0.00958 e. The first-order valence-corrected chi connectivity index (χ1v) is 4.68. The molecule has 0 saturated heterocycles. The van der Waals surface area contributed by atoms with Crippen LogP contribution < -0.4 is 0 Å². The molecule has 0 aromatic carbocycles. The van der Waals surface area contributed by atoms with Crippen molar-refractivity contribution >= 4 is 0 Å². The summed E-state index contributed by atoms with van der Waals surface area (Å²) in [4.78, 5) is 0. The first kappa shape index (κ1) is 9.57. The fraction of sp³-hybridized carbons (Fsp3) is 0.667. The summed E-state index contributed by atoms with van der Waals surface area (Å²) in [7, 11) is 0. The van der Waals surface area contributed by atoms with Crippen molar-refractivity contribution in [3.63, 3.8) is 0 Å². The molecule has 0 aliphatic heterocycles. The van der Waals surface area contributed by atoms with Crippen molar-refractivity contribution in [1.29, 1.82) is 0 Å². The number of allylic oxidation sites excluding steroid dienone is 3. The van der Waals surface area contributed by atoms with E-state index in [0.717, 1.165) is 0 Å². The van der Waals surface area contributed by atoms with E-state index < -0.39 is 0 Å². The normalized spacial score (nSPS) is 29.8. The lowest BCUT2D eigenvalue weighted by molar-refractivity contribution is 0.338. The zero-order valence-corrected chi connectivity index (χ0v) is 8.99. The zero-order chi connectivity index (χ0) is 9.57. The molecule has 0 amide bonds. The molecule has 0 nitrogen and oxygen atoms in total. The van der Waals surface area contributed by atoms with Crippen molar-refractivity contribution in [2.75, 3.05) is 0 Å². The van der Waals surface area contributed by atoms with Crippen LogP contribution in [0.1, 0.15) is 41.0 Å². The molecule has 1 aliphatic carbocycles. The minimum atomic E-state index is 0.297. The van der Waals surface area contributed by atoms with Crippen LogP contribution in [0, 0.1) is 10.8 Å². The summed E-state index contributed by atoms with van der Waals surface area (Å²) >= 11 is 0. The maximum atomic E-state index is 4.19. The Hall–Kier alpha value is -0.520. The summed E-state index contributed by atoms with van der Waals surface area (Å²) in [5.74, 6) is 0. The van der Waals surface area contributed by atoms with Crippen molar-refractivity contribution < 1.29 is 0 Å². The van der Waals surface area contributed by atoms with Crippen LogP contribution in [0.25, 0.3) is 0 Å². The third-order valence-electron chi connectivity index (χ3n) is 3.04. The average molecular weight is 164 g/mol. The second-order valence-electron chi connectivity index (χ2n) is 5.13. The highest BCUT2D eigenvalue weighted by molar-refractivity contribution is 5.43. The summed E-state index contributed by atoms with van der Waals surface area (Å²) in [6.45, 7) is 15.5. The average Bonchev–Trinajstić information content (AvgIpc) is 1.98. The van der Waals surface area contributed by atoms with E-state index in [1.54, 1.807) is 0 Å². The third kappa shape index (κ3) is 1.24. The summed E-state index contributed by atoms with van der Waals surface area (Å²) in [5.41, 5.74) is 3.41. The standard InChI is InChI=1S/C12H20/c1-7-10-9(2)11(3,4)8-12(10,5)6/h7H,2,8H2,1,3-6H3/b10-7+. The van der Waals surface area contributed by atoms with Crippen molar-refractivity contribution in [1.82, 2.24) is 0 Å². The molecule has 0 atom stereocenters. The third-order valence-corrected chi connectivity index (χ3v) is 3.04. The molecule has 0 radical (unpaired) electrons. The van der Waals surface area contributed by atoms with E-state index >= 15 is 0 Å². The van der Waals surface area contributed by atoms with Crippen LogP contribution in [-0.4, -0.2) is 0 Å². The van der Waals surface area contributed by atoms with Crippen LogP contribution in [0.2, 0.25) is 0 Å². The van der Waals surface area contributed by atoms with Gasteiger partial charge in [-0.1, -0.05) is 40.3 Å². The Morgan fingerprint density at radius 2 is 1.67 bits per heavy atom. The molecule has 0 bridgehead atoms. The SMILES string of the molecule is C=C1/C(=C\C)C(C)(C)CC1(C)C. The van der Waals surface area contributed by atoms with Crippen molar-refractivity contribution in [2.45, 2.75) is 41.0 Å². The molecular weight excluding hydrogens is 144 g/mol. The highest BCUT2D eigenvalue weighted by Gasteiger charge is 2.42. The van der Waals surface area contributed by atoms with Gasteiger partial charge in [-0.05, 0) is 35.3 Å². The molecule has 0 unspecified atom stereocenters. The molecule has 0 heteroatoms. The van der Waals surface area contributed by atoms with Crippen LogP contribution >= 0.6 is 0 Å². The van der Waals surface area contributed by atoms with Gasteiger partial charge < -0.3 is 0 Å². The van der Waals surface area contributed by atoms with Crippen LogP contribution in [-0.2, 0) is 0 Å². The monoisotopic (exact) mass is 164 g/mol. The first-order valence-electron chi connectivity index (χ1n) is 4.68. The van der Waals surface area contributed by atoms with Gasteiger partial charge in [-0.25, -0.2) is 0 Å². The van der Waals surface area contributed by atoms with Crippen molar-refractivity contribution in [2.24, 2.45) is 10.8 Å². The Balaban J connectivity index is 3.14. The molecule has 1 aliphatic rings. The van der Waals surface area contributed by atoms with Crippen LogP contribution in [0.3, 0.4) is 0 Å². The highest BCUT2D eigenvalue weighted by atomic mass is 14.5.